The van der Waals surface area contributed by atoms with E-state index in [0.717, 1.165) is 32.0 Å². The minimum atomic E-state index is 0.648. The van der Waals surface area contributed by atoms with E-state index in [2.05, 4.69) is 33.0 Å². The Bertz CT molecular complexity index is 210. The quantitative estimate of drug-likeness (QED) is 0.472. The van der Waals surface area contributed by atoms with Crippen molar-refractivity contribution in [1.29, 1.82) is 0 Å². The maximum Gasteiger partial charge on any atom is 0.0701 e. The molecule has 0 aromatic heterocycles. The molecule has 0 rings (SSSR count). The van der Waals surface area contributed by atoms with E-state index in [1.807, 2.05) is 0 Å². The van der Waals surface area contributed by atoms with Gasteiger partial charge in [0.1, 0.15) is 0 Å². The van der Waals surface area contributed by atoms with Crippen LogP contribution < -0.4 is 5.32 Å². The summed E-state index contributed by atoms with van der Waals surface area (Å²) >= 11 is 0. The predicted octanol–water partition coefficient (Wildman–Crippen LogP) is 2.96. The lowest BCUT2D eigenvalue weighted by atomic mass is 9.94. The molecule has 0 aromatic rings. The molecule has 1 atom stereocenters. The van der Waals surface area contributed by atoms with Gasteiger partial charge in [0.25, 0.3) is 0 Å². The molecule has 0 saturated heterocycles. The third-order valence-electron chi connectivity index (χ3n) is 3.26. The highest BCUT2D eigenvalue weighted by Gasteiger charge is 2.11. The van der Waals surface area contributed by atoms with Gasteiger partial charge in [0.15, 0.2) is 0 Å². The van der Waals surface area contributed by atoms with E-state index in [9.17, 15) is 0 Å². The van der Waals surface area contributed by atoms with Crippen LogP contribution in [0.15, 0.2) is 0 Å². The molecule has 0 saturated carbocycles. The van der Waals surface area contributed by atoms with Crippen molar-refractivity contribution in [1.82, 2.24) is 5.32 Å². The molecule has 4 nitrogen and oxygen atoms in total. The van der Waals surface area contributed by atoms with Gasteiger partial charge in [0.05, 0.1) is 26.4 Å². The highest BCUT2D eigenvalue weighted by atomic mass is 16.5. The van der Waals surface area contributed by atoms with E-state index in [1.165, 1.54) is 6.42 Å². The molecule has 0 heterocycles. The molecule has 0 aliphatic rings. The average molecular weight is 303 g/mol. The molecular weight excluding hydrogens is 266 g/mol. The van der Waals surface area contributed by atoms with Crippen LogP contribution in [-0.4, -0.2) is 53.2 Å². The SMILES string of the molecule is COCCOCCOCCC(CNCC(C)C)CC(C)C. The fourth-order valence-corrected chi connectivity index (χ4v) is 2.26. The smallest absolute Gasteiger partial charge is 0.0701 e. The lowest BCUT2D eigenvalue weighted by Gasteiger charge is -2.20. The summed E-state index contributed by atoms with van der Waals surface area (Å²) in [6.07, 6.45) is 2.39. The fraction of sp³-hybridized carbons (Fsp3) is 1.00. The first kappa shape index (κ1) is 20.8. The Hall–Kier alpha value is -0.160. The lowest BCUT2D eigenvalue weighted by molar-refractivity contribution is 0.0213. The summed E-state index contributed by atoms with van der Waals surface area (Å²) in [6, 6.07) is 0. The van der Waals surface area contributed by atoms with Gasteiger partial charge in [0.2, 0.25) is 0 Å². The minimum absolute atomic E-state index is 0.648. The normalized spacial score (nSPS) is 13.3. The molecule has 0 bridgehead atoms. The summed E-state index contributed by atoms with van der Waals surface area (Å²) in [5.41, 5.74) is 0. The second-order valence-electron chi connectivity index (χ2n) is 6.55. The molecule has 1 N–H and O–H groups in total. The largest absolute Gasteiger partial charge is 0.382 e. The summed E-state index contributed by atoms with van der Waals surface area (Å²) in [5.74, 6) is 2.16. The molecule has 128 valence electrons. The number of hydrogen-bond donors (Lipinski definition) is 1. The summed E-state index contributed by atoms with van der Waals surface area (Å²) in [6.45, 7) is 14.7. The van der Waals surface area contributed by atoms with Crippen molar-refractivity contribution in [2.24, 2.45) is 17.8 Å². The second kappa shape index (κ2) is 14.8. The molecule has 0 fully saturated rings. The van der Waals surface area contributed by atoms with Crippen LogP contribution in [0, 0.1) is 17.8 Å². The molecule has 0 aliphatic carbocycles. The summed E-state index contributed by atoms with van der Waals surface area (Å²) in [5, 5.41) is 3.57. The van der Waals surface area contributed by atoms with Crippen LogP contribution in [0.25, 0.3) is 0 Å². The maximum absolute atomic E-state index is 5.66. The van der Waals surface area contributed by atoms with Crippen molar-refractivity contribution >= 4 is 0 Å². The zero-order chi connectivity index (χ0) is 15.9. The average Bonchev–Trinajstić information content (AvgIpc) is 2.40. The van der Waals surface area contributed by atoms with Crippen LogP contribution in [0.4, 0.5) is 0 Å². The molecule has 0 amide bonds. The van der Waals surface area contributed by atoms with Crippen LogP contribution in [0.2, 0.25) is 0 Å². The number of hydrogen-bond acceptors (Lipinski definition) is 4. The van der Waals surface area contributed by atoms with Crippen LogP contribution in [0.3, 0.4) is 0 Å². The van der Waals surface area contributed by atoms with Crippen molar-refractivity contribution < 1.29 is 14.2 Å². The monoisotopic (exact) mass is 303 g/mol. The zero-order valence-corrected chi connectivity index (χ0v) is 14.8. The maximum atomic E-state index is 5.66. The Morgan fingerprint density at radius 1 is 0.762 bits per heavy atom. The van der Waals surface area contributed by atoms with Crippen molar-refractivity contribution in [3.8, 4) is 0 Å². The highest BCUT2D eigenvalue weighted by molar-refractivity contribution is 4.65. The molecule has 0 aromatic carbocycles. The van der Waals surface area contributed by atoms with E-state index >= 15 is 0 Å². The number of ether oxygens (including phenoxy) is 3. The minimum Gasteiger partial charge on any atom is -0.382 e. The number of rotatable bonds is 15. The molecule has 21 heavy (non-hydrogen) atoms. The van der Waals surface area contributed by atoms with Crippen LogP contribution in [0.1, 0.15) is 40.5 Å². The lowest BCUT2D eigenvalue weighted by Crippen LogP contribution is -2.28. The third kappa shape index (κ3) is 16.0. The topological polar surface area (TPSA) is 39.7 Å². The van der Waals surface area contributed by atoms with Crippen molar-refractivity contribution in [2.45, 2.75) is 40.5 Å². The third-order valence-corrected chi connectivity index (χ3v) is 3.26. The number of nitrogens with one attached hydrogen (secondary N) is 1. The Morgan fingerprint density at radius 3 is 1.95 bits per heavy atom. The van der Waals surface area contributed by atoms with Gasteiger partial charge < -0.3 is 19.5 Å². The van der Waals surface area contributed by atoms with Gasteiger partial charge in [-0.2, -0.15) is 0 Å². The summed E-state index contributed by atoms with van der Waals surface area (Å²) in [4.78, 5) is 0. The first-order valence-corrected chi connectivity index (χ1v) is 8.41. The Morgan fingerprint density at radius 2 is 1.38 bits per heavy atom. The van der Waals surface area contributed by atoms with Crippen LogP contribution in [-0.2, 0) is 14.2 Å². The summed E-state index contributed by atoms with van der Waals surface area (Å²) in [7, 11) is 1.68. The van der Waals surface area contributed by atoms with E-state index in [4.69, 9.17) is 14.2 Å². The van der Waals surface area contributed by atoms with Gasteiger partial charge in [-0.3, -0.25) is 0 Å². The Balaban J connectivity index is 3.61. The van der Waals surface area contributed by atoms with Crippen LogP contribution >= 0.6 is 0 Å². The van der Waals surface area contributed by atoms with Crippen LogP contribution in [0.5, 0.6) is 0 Å². The standard InChI is InChI=1S/C17H37NO3/c1-15(2)12-17(14-18-13-16(3)4)6-7-20-10-11-21-9-8-19-5/h15-18H,6-14H2,1-5H3. The second-order valence-corrected chi connectivity index (χ2v) is 6.55. The van der Waals surface area contributed by atoms with Crippen molar-refractivity contribution in [2.75, 3.05) is 53.2 Å². The van der Waals surface area contributed by atoms with Gasteiger partial charge in [-0.25, -0.2) is 0 Å². The Labute approximate surface area is 131 Å². The van der Waals surface area contributed by atoms with Gasteiger partial charge in [-0.1, -0.05) is 27.7 Å². The molecule has 0 radical (unpaired) electrons. The predicted molar refractivity (Wildman–Crippen MR) is 88.8 cm³/mol. The van der Waals surface area contributed by atoms with E-state index in [0.29, 0.717) is 38.3 Å². The van der Waals surface area contributed by atoms with Gasteiger partial charge in [-0.05, 0) is 43.7 Å². The molecular formula is C17H37NO3. The molecule has 1 unspecified atom stereocenters. The van der Waals surface area contributed by atoms with E-state index in [-0.39, 0.29) is 0 Å². The van der Waals surface area contributed by atoms with Crippen molar-refractivity contribution in [3.63, 3.8) is 0 Å². The summed E-state index contributed by atoms with van der Waals surface area (Å²) < 4.78 is 16.0. The highest BCUT2D eigenvalue weighted by Crippen LogP contribution is 2.15. The zero-order valence-electron chi connectivity index (χ0n) is 14.8. The fourth-order valence-electron chi connectivity index (χ4n) is 2.26. The number of methoxy groups -OCH3 is 1. The van der Waals surface area contributed by atoms with E-state index in [1.54, 1.807) is 7.11 Å². The van der Waals surface area contributed by atoms with E-state index < -0.39 is 0 Å². The molecule has 4 heteroatoms. The van der Waals surface area contributed by atoms with Gasteiger partial charge >= 0.3 is 0 Å². The first-order chi connectivity index (χ1) is 10.1. The van der Waals surface area contributed by atoms with Crippen molar-refractivity contribution in [3.05, 3.63) is 0 Å². The Kier molecular flexibility index (Phi) is 14.7. The van der Waals surface area contributed by atoms with Gasteiger partial charge in [0, 0.05) is 13.7 Å². The molecule has 0 spiro atoms. The van der Waals surface area contributed by atoms with Gasteiger partial charge in [-0.15, -0.1) is 0 Å². The molecule has 0 aliphatic heterocycles. The first-order valence-electron chi connectivity index (χ1n) is 8.41.